The molecule has 0 radical (unpaired) electrons. The van der Waals surface area contributed by atoms with Gasteiger partial charge in [-0.15, -0.1) is 0 Å². The van der Waals surface area contributed by atoms with E-state index < -0.39 is 0 Å². The van der Waals surface area contributed by atoms with Crippen molar-refractivity contribution in [2.24, 2.45) is 5.92 Å². The Hall–Kier alpha value is -1.44. The van der Waals surface area contributed by atoms with Gasteiger partial charge in [0.15, 0.2) is 5.88 Å². The van der Waals surface area contributed by atoms with Crippen LogP contribution < -0.4 is 0 Å². The fourth-order valence-corrected chi connectivity index (χ4v) is 2.46. The molecule has 0 aliphatic carbocycles. The first-order valence-corrected chi connectivity index (χ1v) is 6.79. The molecule has 1 aliphatic rings. The maximum Gasteiger partial charge on any atom is 0.182 e. The first kappa shape index (κ1) is 13.0. The third kappa shape index (κ3) is 3.28. The summed E-state index contributed by atoms with van der Waals surface area (Å²) in [4.78, 5) is 2.30. The Bertz CT molecular complexity index is 387. The van der Waals surface area contributed by atoms with E-state index in [1.807, 2.05) is 18.2 Å². The van der Waals surface area contributed by atoms with E-state index in [1.54, 1.807) is 0 Å². The van der Waals surface area contributed by atoms with Crippen molar-refractivity contribution in [2.75, 3.05) is 6.54 Å². The minimum absolute atomic E-state index is 0.546. The second kappa shape index (κ2) is 5.94. The molecule has 2 nitrogen and oxygen atoms in total. The van der Waals surface area contributed by atoms with Gasteiger partial charge < -0.3 is 9.64 Å². The van der Waals surface area contributed by atoms with Crippen LogP contribution in [0.4, 0.5) is 0 Å². The average Bonchev–Trinajstić information content (AvgIpc) is 2.40. The van der Waals surface area contributed by atoms with Crippen LogP contribution in [0.2, 0.25) is 0 Å². The molecule has 2 atom stereocenters. The molecule has 1 aliphatic heterocycles. The zero-order valence-electron chi connectivity index (χ0n) is 11.4. The second-order valence-corrected chi connectivity index (χ2v) is 5.35. The van der Waals surface area contributed by atoms with Gasteiger partial charge in [-0.3, -0.25) is 0 Å². The standard InChI is InChI=1S/C16H23NO/c1-13-9-10-14(2)17(11-13)15(3)18-12-16-7-5-4-6-8-16/h4-8,13-14H,3,9-12H2,1-2H3. The molecule has 1 fully saturated rings. The topological polar surface area (TPSA) is 12.5 Å². The number of hydrogen-bond donors (Lipinski definition) is 0. The molecular weight excluding hydrogens is 222 g/mol. The summed E-state index contributed by atoms with van der Waals surface area (Å²) in [6.07, 6.45) is 2.54. The van der Waals surface area contributed by atoms with Crippen molar-refractivity contribution in [3.05, 3.63) is 48.4 Å². The van der Waals surface area contributed by atoms with E-state index in [0.29, 0.717) is 12.6 Å². The first-order chi connectivity index (χ1) is 8.66. The molecule has 0 N–H and O–H groups in total. The third-order valence-electron chi connectivity index (χ3n) is 3.69. The van der Waals surface area contributed by atoms with Gasteiger partial charge in [-0.2, -0.15) is 0 Å². The van der Waals surface area contributed by atoms with Crippen molar-refractivity contribution in [3.63, 3.8) is 0 Å². The molecule has 0 spiro atoms. The van der Waals surface area contributed by atoms with Crippen LogP contribution in [0.25, 0.3) is 0 Å². The minimum Gasteiger partial charge on any atom is -0.475 e. The molecule has 0 amide bonds. The lowest BCUT2D eigenvalue weighted by atomic mass is 9.95. The molecule has 18 heavy (non-hydrogen) atoms. The van der Waals surface area contributed by atoms with E-state index in [-0.39, 0.29) is 0 Å². The number of hydrogen-bond acceptors (Lipinski definition) is 2. The summed E-state index contributed by atoms with van der Waals surface area (Å²) < 4.78 is 5.82. The molecule has 1 aromatic rings. The van der Waals surface area contributed by atoms with Crippen molar-refractivity contribution >= 4 is 0 Å². The number of rotatable bonds is 4. The Morgan fingerprint density at radius 2 is 2.00 bits per heavy atom. The molecule has 2 unspecified atom stereocenters. The van der Waals surface area contributed by atoms with Crippen molar-refractivity contribution in [1.29, 1.82) is 0 Å². The van der Waals surface area contributed by atoms with Crippen LogP contribution in [0.15, 0.2) is 42.8 Å². The SMILES string of the molecule is C=C(OCc1ccccc1)N1CC(C)CCC1C. The summed E-state index contributed by atoms with van der Waals surface area (Å²) in [6, 6.07) is 10.8. The van der Waals surface area contributed by atoms with Crippen molar-refractivity contribution < 1.29 is 4.74 Å². The number of nitrogens with zero attached hydrogens (tertiary/aromatic N) is 1. The van der Waals surface area contributed by atoms with Crippen LogP contribution in [0.3, 0.4) is 0 Å². The summed E-state index contributed by atoms with van der Waals surface area (Å²) in [5.74, 6) is 1.55. The van der Waals surface area contributed by atoms with Gasteiger partial charge in [0, 0.05) is 12.6 Å². The predicted octanol–water partition coefficient (Wildman–Crippen LogP) is 3.79. The maximum absolute atomic E-state index is 5.82. The molecule has 2 rings (SSSR count). The average molecular weight is 245 g/mol. The van der Waals surface area contributed by atoms with Gasteiger partial charge in [-0.1, -0.05) is 37.3 Å². The highest BCUT2D eigenvalue weighted by Gasteiger charge is 2.24. The summed E-state index contributed by atoms with van der Waals surface area (Å²) in [5, 5.41) is 0. The third-order valence-corrected chi connectivity index (χ3v) is 3.69. The van der Waals surface area contributed by atoms with Crippen LogP contribution in [-0.2, 0) is 11.3 Å². The highest BCUT2D eigenvalue weighted by Crippen LogP contribution is 2.25. The normalized spacial score (nSPS) is 23.8. The van der Waals surface area contributed by atoms with E-state index in [9.17, 15) is 0 Å². The summed E-state index contributed by atoms with van der Waals surface area (Å²) >= 11 is 0. The van der Waals surface area contributed by atoms with Gasteiger partial charge in [-0.25, -0.2) is 0 Å². The van der Waals surface area contributed by atoms with E-state index in [1.165, 1.54) is 18.4 Å². The number of likely N-dealkylation sites (tertiary alicyclic amines) is 1. The smallest absolute Gasteiger partial charge is 0.182 e. The maximum atomic E-state index is 5.82. The Morgan fingerprint density at radius 1 is 1.28 bits per heavy atom. The Balaban J connectivity index is 1.87. The molecule has 98 valence electrons. The lowest BCUT2D eigenvalue weighted by Crippen LogP contribution is -2.40. The quantitative estimate of drug-likeness (QED) is 0.748. The van der Waals surface area contributed by atoms with E-state index in [2.05, 4.69) is 37.5 Å². The van der Waals surface area contributed by atoms with Crippen LogP contribution in [-0.4, -0.2) is 17.5 Å². The van der Waals surface area contributed by atoms with Crippen LogP contribution in [0, 0.1) is 5.92 Å². The van der Waals surface area contributed by atoms with Gasteiger partial charge in [0.25, 0.3) is 0 Å². The fraction of sp³-hybridized carbons (Fsp3) is 0.500. The highest BCUT2D eigenvalue weighted by molar-refractivity contribution is 5.13. The Labute approximate surface area is 110 Å². The Kier molecular flexibility index (Phi) is 4.29. The van der Waals surface area contributed by atoms with Crippen molar-refractivity contribution in [2.45, 2.75) is 39.3 Å². The largest absolute Gasteiger partial charge is 0.475 e. The molecule has 2 heteroatoms. The molecule has 0 aromatic heterocycles. The van der Waals surface area contributed by atoms with Gasteiger partial charge in [0.2, 0.25) is 0 Å². The van der Waals surface area contributed by atoms with Gasteiger partial charge in [0.1, 0.15) is 6.61 Å². The monoisotopic (exact) mass is 245 g/mol. The highest BCUT2D eigenvalue weighted by atomic mass is 16.5. The Morgan fingerprint density at radius 3 is 2.72 bits per heavy atom. The second-order valence-electron chi connectivity index (χ2n) is 5.35. The van der Waals surface area contributed by atoms with Crippen LogP contribution in [0.1, 0.15) is 32.3 Å². The first-order valence-electron chi connectivity index (χ1n) is 6.79. The molecule has 0 bridgehead atoms. The molecule has 1 saturated heterocycles. The van der Waals surface area contributed by atoms with Crippen molar-refractivity contribution in [1.82, 2.24) is 4.90 Å². The van der Waals surface area contributed by atoms with Gasteiger partial charge in [-0.05, 0) is 37.8 Å². The zero-order valence-corrected chi connectivity index (χ0v) is 11.4. The predicted molar refractivity (Wildman–Crippen MR) is 74.9 cm³/mol. The van der Waals surface area contributed by atoms with Crippen molar-refractivity contribution in [3.8, 4) is 0 Å². The van der Waals surface area contributed by atoms with Crippen LogP contribution >= 0.6 is 0 Å². The van der Waals surface area contributed by atoms with Gasteiger partial charge in [0.05, 0.1) is 0 Å². The lowest BCUT2D eigenvalue weighted by molar-refractivity contribution is 0.0499. The van der Waals surface area contributed by atoms with Crippen LogP contribution in [0.5, 0.6) is 0 Å². The fourth-order valence-electron chi connectivity index (χ4n) is 2.46. The number of piperidine rings is 1. The summed E-state index contributed by atoms with van der Waals surface area (Å²) in [7, 11) is 0. The van der Waals surface area contributed by atoms with E-state index >= 15 is 0 Å². The number of ether oxygens (including phenoxy) is 1. The zero-order chi connectivity index (χ0) is 13.0. The van der Waals surface area contributed by atoms with E-state index in [0.717, 1.165) is 18.3 Å². The molecule has 0 saturated carbocycles. The number of benzene rings is 1. The molecule has 1 heterocycles. The summed E-state index contributed by atoms with van der Waals surface area (Å²) in [6.45, 7) is 10.3. The molecular formula is C16H23NO. The minimum atomic E-state index is 0.546. The summed E-state index contributed by atoms with van der Waals surface area (Å²) in [5.41, 5.74) is 1.19. The van der Waals surface area contributed by atoms with Gasteiger partial charge >= 0.3 is 0 Å². The lowest BCUT2D eigenvalue weighted by Gasteiger charge is -2.38. The van der Waals surface area contributed by atoms with E-state index in [4.69, 9.17) is 4.74 Å². The molecule has 1 aromatic carbocycles.